The van der Waals surface area contributed by atoms with Gasteiger partial charge in [-0.15, -0.1) is 0 Å². The highest BCUT2D eigenvalue weighted by Crippen LogP contribution is 2.39. The number of hydrogen-bond acceptors (Lipinski definition) is 2. The fourth-order valence-electron chi connectivity index (χ4n) is 2.56. The molecule has 1 atom stereocenters. The van der Waals surface area contributed by atoms with E-state index < -0.39 is 11.7 Å². The van der Waals surface area contributed by atoms with Gasteiger partial charge in [0.2, 0.25) is 0 Å². The Hall–Kier alpha value is -1.52. The molecule has 104 valence electrons. The highest BCUT2D eigenvalue weighted by molar-refractivity contribution is 5.77. The summed E-state index contributed by atoms with van der Waals surface area (Å²) in [4.78, 5) is 12.4. The van der Waals surface area contributed by atoms with Gasteiger partial charge in [0.1, 0.15) is 6.29 Å². The van der Waals surface area contributed by atoms with Crippen LogP contribution in [0.2, 0.25) is 0 Å². The van der Waals surface area contributed by atoms with Gasteiger partial charge in [-0.2, -0.15) is 13.2 Å². The van der Waals surface area contributed by atoms with Crippen molar-refractivity contribution < 1.29 is 18.0 Å². The van der Waals surface area contributed by atoms with Crippen LogP contribution in [-0.4, -0.2) is 18.9 Å². The van der Waals surface area contributed by atoms with E-state index in [1.165, 1.54) is 12.1 Å². The third kappa shape index (κ3) is 2.91. The minimum absolute atomic E-state index is 0.0562. The van der Waals surface area contributed by atoms with Crippen molar-refractivity contribution in [1.82, 2.24) is 0 Å². The summed E-state index contributed by atoms with van der Waals surface area (Å²) >= 11 is 0. The molecule has 0 bridgehead atoms. The fourth-order valence-corrected chi connectivity index (χ4v) is 2.56. The Labute approximate surface area is 110 Å². The summed E-state index contributed by atoms with van der Waals surface area (Å²) < 4.78 is 39.3. The first kappa shape index (κ1) is 13.9. The van der Waals surface area contributed by atoms with Crippen LogP contribution in [0.4, 0.5) is 18.9 Å². The molecule has 0 saturated carbocycles. The fraction of sp³-hybridized carbons (Fsp3) is 0.500. The second-order valence-corrected chi connectivity index (χ2v) is 4.93. The standard InChI is InChI=1S/C14H16F3NO/c1-10-4-2-3-7-18(10)13-6-5-11(9-19)8-12(13)14(15,16)17/h5-6,8-10H,2-4,7H2,1H3. The molecule has 1 saturated heterocycles. The van der Waals surface area contributed by atoms with E-state index in [-0.39, 0.29) is 17.3 Å². The molecule has 0 N–H and O–H groups in total. The van der Waals surface area contributed by atoms with Gasteiger partial charge in [0.25, 0.3) is 0 Å². The molecule has 0 aromatic heterocycles. The van der Waals surface area contributed by atoms with Crippen molar-refractivity contribution in [1.29, 1.82) is 0 Å². The number of alkyl halides is 3. The number of hydrogen-bond donors (Lipinski definition) is 0. The lowest BCUT2D eigenvalue weighted by molar-refractivity contribution is -0.137. The molecule has 1 aromatic carbocycles. The van der Waals surface area contributed by atoms with E-state index >= 15 is 0 Å². The topological polar surface area (TPSA) is 20.3 Å². The lowest BCUT2D eigenvalue weighted by atomic mass is 10.00. The van der Waals surface area contributed by atoms with Crippen molar-refractivity contribution in [3.63, 3.8) is 0 Å². The number of anilines is 1. The second kappa shape index (κ2) is 5.23. The number of benzene rings is 1. The summed E-state index contributed by atoms with van der Waals surface area (Å²) in [6.45, 7) is 2.57. The van der Waals surface area contributed by atoms with Crippen LogP contribution < -0.4 is 4.90 Å². The molecule has 2 rings (SSSR count). The lowest BCUT2D eigenvalue weighted by Crippen LogP contribution is -2.38. The molecule has 0 spiro atoms. The van der Waals surface area contributed by atoms with Crippen LogP contribution in [-0.2, 0) is 6.18 Å². The third-order valence-electron chi connectivity index (χ3n) is 3.57. The van der Waals surface area contributed by atoms with Crippen LogP contribution in [0.1, 0.15) is 42.1 Å². The predicted octanol–water partition coefficient (Wildman–Crippen LogP) is 3.90. The zero-order chi connectivity index (χ0) is 14.0. The van der Waals surface area contributed by atoms with E-state index in [2.05, 4.69) is 0 Å². The van der Waals surface area contributed by atoms with Crippen LogP contribution in [0, 0.1) is 0 Å². The predicted molar refractivity (Wildman–Crippen MR) is 67.5 cm³/mol. The van der Waals surface area contributed by atoms with Gasteiger partial charge in [-0.05, 0) is 44.4 Å². The van der Waals surface area contributed by atoms with Gasteiger partial charge in [-0.3, -0.25) is 4.79 Å². The number of piperidine rings is 1. The highest BCUT2D eigenvalue weighted by Gasteiger charge is 2.36. The van der Waals surface area contributed by atoms with Crippen LogP contribution >= 0.6 is 0 Å². The quantitative estimate of drug-likeness (QED) is 0.760. The Bertz CT molecular complexity index is 470. The Morgan fingerprint density at radius 1 is 1.32 bits per heavy atom. The summed E-state index contributed by atoms with van der Waals surface area (Å²) in [5.41, 5.74) is -0.475. The first-order valence-electron chi connectivity index (χ1n) is 6.36. The number of nitrogens with zero attached hydrogens (tertiary/aromatic N) is 1. The van der Waals surface area contributed by atoms with Crippen molar-refractivity contribution in [3.05, 3.63) is 29.3 Å². The number of carbonyl (C=O) groups is 1. The molecule has 1 fully saturated rings. The maximum atomic E-state index is 13.1. The van der Waals surface area contributed by atoms with Gasteiger partial charge in [0, 0.05) is 23.8 Å². The van der Waals surface area contributed by atoms with Gasteiger partial charge in [-0.1, -0.05) is 0 Å². The highest BCUT2D eigenvalue weighted by atomic mass is 19.4. The van der Waals surface area contributed by atoms with Crippen molar-refractivity contribution >= 4 is 12.0 Å². The molecule has 1 unspecified atom stereocenters. The molecule has 0 amide bonds. The molecule has 0 radical (unpaired) electrons. The molecule has 1 aliphatic rings. The first-order valence-corrected chi connectivity index (χ1v) is 6.36. The monoisotopic (exact) mass is 271 g/mol. The first-order chi connectivity index (χ1) is 8.93. The lowest BCUT2D eigenvalue weighted by Gasteiger charge is -2.37. The van der Waals surface area contributed by atoms with Crippen molar-refractivity contribution in [2.75, 3.05) is 11.4 Å². The van der Waals surface area contributed by atoms with E-state index in [0.29, 0.717) is 12.8 Å². The van der Waals surface area contributed by atoms with Crippen molar-refractivity contribution in [2.24, 2.45) is 0 Å². The largest absolute Gasteiger partial charge is 0.418 e. The van der Waals surface area contributed by atoms with E-state index in [0.717, 1.165) is 25.3 Å². The number of rotatable bonds is 2. The third-order valence-corrected chi connectivity index (χ3v) is 3.57. The minimum Gasteiger partial charge on any atom is -0.368 e. The molecule has 1 aliphatic heterocycles. The number of halogens is 3. The zero-order valence-corrected chi connectivity index (χ0v) is 10.7. The normalized spacial score (nSPS) is 20.4. The van der Waals surface area contributed by atoms with Crippen molar-refractivity contribution in [2.45, 2.75) is 38.4 Å². The van der Waals surface area contributed by atoms with Crippen LogP contribution in [0.15, 0.2) is 18.2 Å². The van der Waals surface area contributed by atoms with Crippen LogP contribution in [0.3, 0.4) is 0 Å². The summed E-state index contributed by atoms with van der Waals surface area (Å²) in [6, 6.07) is 3.88. The van der Waals surface area contributed by atoms with Gasteiger partial charge >= 0.3 is 6.18 Å². The van der Waals surface area contributed by atoms with Crippen LogP contribution in [0.25, 0.3) is 0 Å². The van der Waals surface area contributed by atoms with E-state index in [1.54, 1.807) is 4.90 Å². The van der Waals surface area contributed by atoms with Gasteiger partial charge in [-0.25, -0.2) is 0 Å². The van der Waals surface area contributed by atoms with Crippen molar-refractivity contribution in [3.8, 4) is 0 Å². The summed E-state index contributed by atoms with van der Waals surface area (Å²) in [7, 11) is 0. The molecular formula is C14H16F3NO. The molecule has 1 heterocycles. The summed E-state index contributed by atoms with van der Waals surface area (Å²) in [6.07, 6.45) is -1.15. The molecule has 1 aromatic rings. The van der Waals surface area contributed by atoms with Crippen LogP contribution in [0.5, 0.6) is 0 Å². The Balaban J connectivity index is 2.46. The molecule has 5 heteroatoms. The Morgan fingerprint density at radius 3 is 2.63 bits per heavy atom. The molecule has 19 heavy (non-hydrogen) atoms. The molecule has 0 aliphatic carbocycles. The maximum absolute atomic E-state index is 13.1. The second-order valence-electron chi connectivity index (χ2n) is 4.93. The average Bonchev–Trinajstić information content (AvgIpc) is 2.38. The number of carbonyl (C=O) groups excluding carboxylic acids is 1. The smallest absolute Gasteiger partial charge is 0.368 e. The molecule has 2 nitrogen and oxygen atoms in total. The average molecular weight is 271 g/mol. The molecular weight excluding hydrogens is 255 g/mol. The summed E-state index contributed by atoms with van der Waals surface area (Å²) in [5.74, 6) is 0. The van der Waals surface area contributed by atoms with E-state index in [4.69, 9.17) is 0 Å². The van der Waals surface area contributed by atoms with Gasteiger partial charge in [0.15, 0.2) is 0 Å². The zero-order valence-electron chi connectivity index (χ0n) is 10.7. The summed E-state index contributed by atoms with van der Waals surface area (Å²) in [5, 5.41) is 0. The SMILES string of the molecule is CC1CCCCN1c1ccc(C=O)cc1C(F)(F)F. The van der Waals surface area contributed by atoms with Gasteiger partial charge in [0.05, 0.1) is 5.56 Å². The van der Waals surface area contributed by atoms with E-state index in [1.807, 2.05) is 6.92 Å². The number of aldehydes is 1. The maximum Gasteiger partial charge on any atom is 0.418 e. The van der Waals surface area contributed by atoms with Gasteiger partial charge < -0.3 is 4.90 Å². The van der Waals surface area contributed by atoms with E-state index in [9.17, 15) is 18.0 Å². The minimum atomic E-state index is -4.44. The Kier molecular flexibility index (Phi) is 3.83. The Morgan fingerprint density at radius 2 is 2.05 bits per heavy atom.